The maximum atomic E-state index is 12.5. The zero-order chi connectivity index (χ0) is 10.9. The number of pyridine rings is 1. The summed E-state index contributed by atoms with van der Waals surface area (Å²) in [6.07, 6.45) is 2.22. The molecule has 0 aliphatic heterocycles. The average molecular weight is 251 g/mol. The zero-order valence-corrected chi connectivity index (χ0v) is 11.6. The van der Waals surface area contributed by atoms with E-state index in [1.165, 1.54) is 12.3 Å². The normalized spacial score (nSPS) is 10.9. The van der Waals surface area contributed by atoms with Crippen molar-refractivity contribution in [2.45, 2.75) is 0 Å². The van der Waals surface area contributed by atoms with Gasteiger partial charge in [0.15, 0.2) is 0 Å². The van der Waals surface area contributed by atoms with Crippen LogP contribution in [0.15, 0.2) is 30.6 Å². The molecule has 0 saturated heterocycles. The molecule has 0 aliphatic rings. The summed E-state index contributed by atoms with van der Waals surface area (Å²) in [5, 5.41) is 5.71. The zero-order valence-electron chi connectivity index (χ0n) is 8.49. The predicted molar refractivity (Wildman–Crippen MR) is 50.5 cm³/mol. The standard InChI is InChI=1S/C8H6BF3N3.K/c10-9(11,12)6-5-14-15-8(6)7-3-1-2-4-13-7;/h1-5H,(H,14,15);/q-1;+1. The third kappa shape index (κ3) is 2.95. The van der Waals surface area contributed by atoms with Crippen molar-refractivity contribution < 1.29 is 64.3 Å². The first-order valence-electron chi connectivity index (χ1n) is 4.23. The fraction of sp³-hybridized carbons (Fsp3) is 0. The van der Waals surface area contributed by atoms with Crippen molar-refractivity contribution in [2.24, 2.45) is 0 Å². The van der Waals surface area contributed by atoms with E-state index in [1.54, 1.807) is 12.1 Å². The molecule has 3 nitrogen and oxygen atoms in total. The van der Waals surface area contributed by atoms with E-state index in [0.29, 0.717) is 0 Å². The Balaban J connectivity index is 0.00000128. The Labute approximate surface area is 132 Å². The third-order valence-corrected chi connectivity index (χ3v) is 1.94. The molecule has 16 heavy (non-hydrogen) atoms. The van der Waals surface area contributed by atoms with Crippen LogP contribution in [0.4, 0.5) is 12.9 Å². The monoisotopic (exact) mass is 251 g/mol. The Morgan fingerprint density at radius 2 is 1.94 bits per heavy atom. The first-order valence-corrected chi connectivity index (χ1v) is 4.23. The second-order valence-corrected chi connectivity index (χ2v) is 2.99. The molecule has 8 heteroatoms. The van der Waals surface area contributed by atoms with Gasteiger partial charge in [-0.3, -0.25) is 10.1 Å². The van der Waals surface area contributed by atoms with E-state index in [-0.39, 0.29) is 62.8 Å². The Morgan fingerprint density at radius 1 is 1.19 bits per heavy atom. The van der Waals surface area contributed by atoms with Gasteiger partial charge in [-0.2, -0.15) is 5.10 Å². The molecule has 0 amide bonds. The largest absolute Gasteiger partial charge is 1.00 e. The SMILES string of the molecule is F[B-](F)(F)c1cn[nH]c1-c1ccccn1.[K+]. The number of hydrogen-bond donors (Lipinski definition) is 1. The number of aromatic nitrogens is 3. The number of halogens is 3. The number of nitrogens with zero attached hydrogens (tertiary/aromatic N) is 2. The summed E-state index contributed by atoms with van der Waals surface area (Å²) in [7, 11) is 0. The van der Waals surface area contributed by atoms with E-state index >= 15 is 0 Å². The number of nitrogens with one attached hydrogen (secondary N) is 1. The number of aromatic amines is 1. The first kappa shape index (κ1) is 13.9. The van der Waals surface area contributed by atoms with Crippen LogP contribution >= 0.6 is 0 Å². The summed E-state index contributed by atoms with van der Waals surface area (Å²) < 4.78 is 37.6. The van der Waals surface area contributed by atoms with Crippen LogP contribution in [0.1, 0.15) is 0 Å². The van der Waals surface area contributed by atoms with Crippen LogP contribution in [-0.2, 0) is 0 Å². The Kier molecular flexibility index (Phi) is 4.75. The molecule has 78 valence electrons. The molecule has 0 aromatic carbocycles. The van der Waals surface area contributed by atoms with Crippen LogP contribution in [0.2, 0.25) is 0 Å². The molecule has 2 heterocycles. The fourth-order valence-electron chi connectivity index (χ4n) is 1.26. The average Bonchev–Trinajstić information content (AvgIpc) is 2.67. The van der Waals surface area contributed by atoms with Crippen molar-refractivity contribution >= 4 is 12.4 Å². The van der Waals surface area contributed by atoms with E-state index in [9.17, 15) is 12.9 Å². The van der Waals surface area contributed by atoms with Gasteiger partial charge in [0.1, 0.15) is 0 Å². The van der Waals surface area contributed by atoms with Crippen LogP contribution in [0.3, 0.4) is 0 Å². The smallest absolute Gasteiger partial charge is 0.445 e. The van der Waals surface area contributed by atoms with Crippen molar-refractivity contribution in [3.63, 3.8) is 0 Å². The molecule has 0 spiro atoms. The van der Waals surface area contributed by atoms with Gasteiger partial charge in [0, 0.05) is 12.4 Å². The van der Waals surface area contributed by atoms with E-state index in [0.717, 1.165) is 6.20 Å². The molecule has 0 saturated carbocycles. The maximum Gasteiger partial charge on any atom is 1.00 e. The number of H-pyrrole nitrogens is 1. The van der Waals surface area contributed by atoms with Gasteiger partial charge in [0.2, 0.25) is 0 Å². The molecule has 2 rings (SSSR count). The molecular formula is C8H6BF3KN3. The van der Waals surface area contributed by atoms with Crippen molar-refractivity contribution in [3.05, 3.63) is 30.6 Å². The molecule has 0 aliphatic carbocycles. The van der Waals surface area contributed by atoms with Gasteiger partial charge in [-0.05, 0) is 12.1 Å². The van der Waals surface area contributed by atoms with Crippen LogP contribution in [0.25, 0.3) is 11.4 Å². The summed E-state index contributed by atoms with van der Waals surface area (Å²) >= 11 is 0. The summed E-state index contributed by atoms with van der Waals surface area (Å²) in [6, 6.07) is 4.76. The van der Waals surface area contributed by atoms with Gasteiger partial charge in [0.05, 0.1) is 11.4 Å². The van der Waals surface area contributed by atoms with Crippen LogP contribution in [-0.4, -0.2) is 22.2 Å². The number of hydrogen-bond acceptors (Lipinski definition) is 2. The van der Waals surface area contributed by atoms with Crippen molar-refractivity contribution in [1.29, 1.82) is 0 Å². The summed E-state index contributed by atoms with van der Waals surface area (Å²) in [6.45, 7) is -5.06. The maximum absolute atomic E-state index is 12.5. The van der Waals surface area contributed by atoms with E-state index in [2.05, 4.69) is 15.2 Å². The quantitative estimate of drug-likeness (QED) is 0.662. The number of rotatable bonds is 2. The van der Waals surface area contributed by atoms with Gasteiger partial charge < -0.3 is 12.9 Å². The molecule has 0 radical (unpaired) electrons. The van der Waals surface area contributed by atoms with Gasteiger partial charge in [-0.15, -0.1) is 0 Å². The van der Waals surface area contributed by atoms with Gasteiger partial charge in [-0.25, -0.2) is 0 Å². The molecule has 2 aromatic heterocycles. The van der Waals surface area contributed by atoms with E-state index in [1.807, 2.05) is 0 Å². The minimum Gasteiger partial charge on any atom is -0.445 e. The topological polar surface area (TPSA) is 41.6 Å². The summed E-state index contributed by atoms with van der Waals surface area (Å²) in [5.41, 5.74) is -0.582. The van der Waals surface area contributed by atoms with Crippen LogP contribution < -0.4 is 56.8 Å². The molecule has 0 bridgehead atoms. The predicted octanol–water partition coefficient (Wildman–Crippen LogP) is -1.47. The van der Waals surface area contributed by atoms with Crippen molar-refractivity contribution in [1.82, 2.24) is 15.2 Å². The second-order valence-electron chi connectivity index (χ2n) is 2.99. The molecule has 0 atom stereocenters. The van der Waals surface area contributed by atoms with E-state index in [4.69, 9.17) is 0 Å². The third-order valence-electron chi connectivity index (χ3n) is 1.94. The Bertz CT molecular complexity index is 457. The van der Waals surface area contributed by atoms with Crippen molar-refractivity contribution in [3.8, 4) is 11.4 Å². The Hall–Kier alpha value is -0.149. The van der Waals surface area contributed by atoms with E-state index < -0.39 is 12.4 Å². The molecule has 0 fully saturated rings. The molecule has 2 aromatic rings. The summed E-state index contributed by atoms with van der Waals surface area (Å²) in [4.78, 5) is 3.83. The minimum atomic E-state index is -5.06. The molecule has 1 N–H and O–H groups in total. The fourth-order valence-corrected chi connectivity index (χ4v) is 1.26. The molecule has 0 unspecified atom stereocenters. The summed E-state index contributed by atoms with van der Waals surface area (Å²) in [5.74, 6) is 0. The van der Waals surface area contributed by atoms with Gasteiger partial charge >= 0.3 is 58.4 Å². The van der Waals surface area contributed by atoms with Crippen molar-refractivity contribution in [2.75, 3.05) is 0 Å². The Morgan fingerprint density at radius 3 is 2.50 bits per heavy atom. The van der Waals surface area contributed by atoms with Gasteiger partial charge in [-0.1, -0.05) is 11.5 Å². The van der Waals surface area contributed by atoms with Crippen LogP contribution in [0, 0.1) is 0 Å². The van der Waals surface area contributed by atoms with Crippen LogP contribution in [0.5, 0.6) is 0 Å². The minimum absolute atomic E-state index is 0. The second kappa shape index (κ2) is 5.46. The van der Waals surface area contributed by atoms with Gasteiger partial charge in [0.25, 0.3) is 0 Å². The molecular weight excluding hydrogens is 245 g/mol. The first-order chi connectivity index (χ1) is 7.09.